The van der Waals surface area contributed by atoms with Gasteiger partial charge in [-0.1, -0.05) is 0 Å². The first kappa shape index (κ1) is 13.4. The molecule has 3 unspecified atom stereocenters. The van der Waals surface area contributed by atoms with Gasteiger partial charge in [-0.2, -0.15) is 5.10 Å². The molecule has 6 heteroatoms. The van der Waals surface area contributed by atoms with Crippen LogP contribution in [0.25, 0.3) is 0 Å². The van der Waals surface area contributed by atoms with Crippen molar-refractivity contribution in [1.29, 1.82) is 0 Å². The molecule has 110 valence electrons. The normalized spacial score (nSPS) is 28.9. The summed E-state index contributed by atoms with van der Waals surface area (Å²) in [5.41, 5.74) is 1.19. The number of aromatic nitrogens is 2. The van der Waals surface area contributed by atoms with E-state index in [4.69, 9.17) is 4.74 Å². The highest BCUT2D eigenvalue weighted by molar-refractivity contribution is 5.80. The van der Waals surface area contributed by atoms with Crippen molar-refractivity contribution in [3.05, 3.63) is 18.0 Å². The van der Waals surface area contributed by atoms with Gasteiger partial charge in [0, 0.05) is 19.8 Å². The second kappa shape index (κ2) is 5.83. The molecule has 2 saturated heterocycles. The third-order valence-electron chi connectivity index (χ3n) is 4.05. The lowest BCUT2D eigenvalue weighted by atomic mass is 9.96. The van der Waals surface area contributed by atoms with Crippen molar-refractivity contribution in [3.63, 3.8) is 0 Å². The van der Waals surface area contributed by atoms with Gasteiger partial charge in [0.05, 0.1) is 31.0 Å². The Morgan fingerprint density at radius 3 is 3.05 bits per heavy atom. The van der Waals surface area contributed by atoms with Crippen LogP contribution in [0.1, 0.15) is 24.8 Å². The van der Waals surface area contributed by atoms with Gasteiger partial charge in [-0.25, -0.2) is 0 Å². The Kier molecular flexibility index (Phi) is 3.91. The number of rotatable bonds is 4. The summed E-state index contributed by atoms with van der Waals surface area (Å²) in [6.07, 6.45) is 8.24. The van der Waals surface area contributed by atoms with Crippen LogP contribution in [0.5, 0.6) is 0 Å². The molecule has 20 heavy (non-hydrogen) atoms. The fourth-order valence-electron chi connectivity index (χ4n) is 3.04. The van der Waals surface area contributed by atoms with E-state index in [1.54, 1.807) is 0 Å². The molecule has 1 aromatic heterocycles. The summed E-state index contributed by atoms with van der Waals surface area (Å²) in [6, 6.07) is 0.409. The lowest BCUT2D eigenvalue weighted by Gasteiger charge is -2.22. The van der Waals surface area contributed by atoms with Gasteiger partial charge in [0.1, 0.15) is 0 Å². The van der Waals surface area contributed by atoms with Gasteiger partial charge >= 0.3 is 0 Å². The first-order valence-electron chi connectivity index (χ1n) is 7.36. The van der Waals surface area contributed by atoms with Gasteiger partial charge in [0.15, 0.2) is 5.96 Å². The third-order valence-corrected chi connectivity index (χ3v) is 4.05. The van der Waals surface area contributed by atoms with Crippen LogP contribution in [0, 0.1) is 6.92 Å². The zero-order valence-electron chi connectivity index (χ0n) is 12.2. The molecular weight excluding hydrogens is 254 g/mol. The molecule has 3 rings (SSSR count). The van der Waals surface area contributed by atoms with E-state index in [9.17, 15) is 0 Å². The number of aliphatic imine (C=N–C) groups is 1. The summed E-state index contributed by atoms with van der Waals surface area (Å²) in [7, 11) is 1.81. The van der Waals surface area contributed by atoms with Gasteiger partial charge in [0.25, 0.3) is 0 Å². The molecule has 2 fully saturated rings. The molecule has 0 amide bonds. The molecule has 0 radical (unpaired) electrons. The van der Waals surface area contributed by atoms with Crippen molar-refractivity contribution in [2.75, 3.05) is 13.6 Å². The third kappa shape index (κ3) is 2.95. The number of hydrogen-bond donors (Lipinski definition) is 2. The molecule has 3 heterocycles. The monoisotopic (exact) mass is 277 g/mol. The molecule has 0 saturated carbocycles. The average Bonchev–Trinajstić information content (AvgIpc) is 3.14. The van der Waals surface area contributed by atoms with Crippen LogP contribution in [0.3, 0.4) is 0 Å². The van der Waals surface area contributed by atoms with E-state index in [1.807, 2.05) is 31.0 Å². The molecule has 3 atom stereocenters. The molecule has 6 nitrogen and oxygen atoms in total. The van der Waals surface area contributed by atoms with Crippen LogP contribution in [-0.2, 0) is 11.3 Å². The molecule has 0 spiro atoms. The fraction of sp³-hybridized carbons (Fsp3) is 0.714. The van der Waals surface area contributed by atoms with Crippen LogP contribution in [0.2, 0.25) is 0 Å². The summed E-state index contributed by atoms with van der Waals surface area (Å²) >= 11 is 0. The first-order valence-corrected chi connectivity index (χ1v) is 7.36. The van der Waals surface area contributed by atoms with Crippen LogP contribution in [0.15, 0.2) is 17.4 Å². The Labute approximate surface area is 119 Å². The number of fused-ring (bicyclic) bond motifs is 2. The SMILES string of the molecule is CN=C(NCCn1cc(C)cn1)NC1CC2CCC1O2. The van der Waals surface area contributed by atoms with Crippen molar-refractivity contribution in [1.82, 2.24) is 20.4 Å². The van der Waals surface area contributed by atoms with E-state index in [1.165, 1.54) is 18.4 Å². The standard InChI is InChI=1S/C14H23N5O/c1-10-8-17-19(9-10)6-5-16-14(15-2)18-12-7-11-3-4-13(12)20-11/h8-9,11-13H,3-7H2,1-2H3,(H2,15,16,18). The number of ether oxygens (including phenoxy) is 1. The van der Waals surface area contributed by atoms with E-state index in [0.717, 1.165) is 25.5 Å². The van der Waals surface area contributed by atoms with Gasteiger partial charge < -0.3 is 15.4 Å². The highest BCUT2D eigenvalue weighted by atomic mass is 16.5. The Balaban J connectivity index is 1.43. The average molecular weight is 277 g/mol. The summed E-state index contributed by atoms with van der Waals surface area (Å²) < 4.78 is 7.79. The molecule has 2 bridgehead atoms. The second-order valence-electron chi connectivity index (χ2n) is 5.64. The predicted molar refractivity (Wildman–Crippen MR) is 77.8 cm³/mol. The van der Waals surface area contributed by atoms with Crippen molar-refractivity contribution >= 4 is 5.96 Å². The zero-order chi connectivity index (χ0) is 13.9. The van der Waals surface area contributed by atoms with Crippen molar-refractivity contribution < 1.29 is 4.74 Å². The number of guanidine groups is 1. The Morgan fingerprint density at radius 2 is 2.45 bits per heavy atom. The Hall–Kier alpha value is -1.56. The van der Waals surface area contributed by atoms with E-state index in [0.29, 0.717) is 18.2 Å². The second-order valence-corrected chi connectivity index (χ2v) is 5.64. The largest absolute Gasteiger partial charge is 0.373 e. The van der Waals surface area contributed by atoms with Crippen molar-refractivity contribution in [3.8, 4) is 0 Å². The number of nitrogens with zero attached hydrogens (tertiary/aromatic N) is 3. The fourth-order valence-corrected chi connectivity index (χ4v) is 3.04. The summed E-state index contributed by atoms with van der Waals surface area (Å²) in [4.78, 5) is 4.28. The summed E-state index contributed by atoms with van der Waals surface area (Å²) in [5.74, 6) is 0.857. The van der Waals surface area contributed by atoms with E-state index in [-0.39, 0.29) is 0 Å². The molecule has 2 N–H and O–H groups in total. The zero-order valence-corrected chi connectivity index (χ0v) is 12.2. The smallest absolute Gasteiger partial charge is 0.191 e. The highest BCUT2D eigenvalue weighted by Gasteiger charge is 2.41. The minimum atomic E-state index is 0.368. The van der Waals surface area contributed by atoms with Crippen molar-refractivity contribution in [2.24, 2.45) is 4.99 Å². The van der Waals surface area contributed by atoms with E-state index in [2.05, 4.69) is 20.7 Å². The summed E-state index contributed by atoms with van der Waals surface area (Å²) in [5, 5.41) is 11.1. The molecular formula is C14H23N5O. The van der Waals surface area contributed by atoms with Crippen molar-refractivity contribution in [2.45, 2.75) is 51.0 Å². The maximum atomic E-state index is 5.85. The molecule has 0 aliphatic carbocycles. The van der Waals surface area contributed by atoms with E-state index < -0.39 is 0 Å². The van der Waals surface area contributed by atoms with Gasteiger partial charge in [0.2, 0.25) is 0 Å². The lowest BCUT2D eigenvalue weighted by molar-refractivity contribution is 0.0992. The maximum absolute atomic E-state index is 5.85. The number of aryl methyl sites for hydroxylation is 1. The quantitative estimate of drug-likeness (QED) is 0.627. The summed E-state index contributed by atoms with van der Waals surface area (Å²) in [6.45, 7) is 3.69. The molecule has 2 aliphatic heterocycles. The van der Waals surface area contributed by atoms with Crippen LogP contribution < -0.4 is 10.6 Å². The van der Waals surface area contributed by atoms with Gasteiger partial charge in [-0.3, -0.25) is 9.67 Å². The number of nitrogens with one attached hydrogen (secondary N) is 2. The molecule has 0 aromatic carbocycles. The molecule has 1 aromatic rings. The molecule has 2 aliphatic rings. The minimum absolute atomic E-state index is 0.368. The lowest BCUT2D eigenvalue weighted by Crippen LogP contribution is -2.48. The first-order chi connectivity index (χ1) is 9.74. The van der Waals surface area contributed by atoms with Gasteiger partial charge in [-0.15, -0.1) is 0 Å². The number of hydrogen-bond acceptors (Lipinski definition) is 3. The van der Waals surface area contributed by atoms with Crippen LogP contribution >= 0.6 is 0 Å². The topological polar surface area (TPSA) is 63.5 Å². The highest BCUT2D eigenvalue weighted by Crippen LogP contribution is 2.34. The Bertz CT molecular complexity index is 484. The van der Waals surface area contributed by atoms with Gasteiger partial charge in [-0.05, 0) is 31.7 Å². The van der Waals surface area contributed by atoms with Crippen LogP contribution in [0.4, 0.5) is 0 Å². The van der Waals surface area contributed by atoms with Crippen LogP contribution in [-0.4, -0.2) is 47.6 Å². The van der Waals surface area contributed by atoms with E-state index >= 15 is 0 Å². The predicted octanol–water partition coefficient (Wildman–Crippen LogP) is 0.676. The minimum Gasteiger partial charge on any atom is -0.373 e. The maximum Gasteiger partial charge on any atom is 0.191 e. The Morgan fingerprint density at radius 1 is 1.55 bits per heavy atom.